The van der Waals surface area contributed by atoms with Gasteiger partial charge in [0, 0.05) is 26.7 Å². The molecule has 1 unspecified atom stereocenters. The predicted molar refractivity (Wildman–Crippen MR) is 95.6 cm³/mol. The Bertz CT molecular complexity index is 781. The van der Waals surface area contributed by atoms with Gasteiger partial charge in [-0.1, -0.05) is 13.8 Å². The zero-order valence-electron chi connectivity index (χ0n) is 14.7. The van der Waals surface area contributed by atoms with Crippen LogP contribution < -0.4 is 11.3 Å². The van der Waals surface area contributed by atoms with Crippen molar-refractivity contribution in [1.29, 1.82) is 0 Å². The SMILES string of the molecule is Cc1oc2ncn(C)c(=O)c2c1C(=O)N(C)CCC(N)C(C)C.Cl. The van der Waals surface area contributed by atoms with Gasteiger partial charge in [-0.05, 0) is 19.3 Å². The van der Waals surface area contributed by atoms with Crippen LogP contribution in [-0.2, 0) is 7.05 Å². The highest BCUT2D eigenvalue weighted by atomic mass is 35.5. The lowest BCUT2D eigenvalue weighted by Crippen LogP contribution is -2.35. The number of furan rings is 1. The van der Waals surface area contributed by atoms with Crippen molar-refractivity contribution in [2.45, 2.75) is 33.2 Å². The first-order chi connectivity index (χ1) is 10.7. The molecule has 2 aromatic heterocycles. The first kappa shape index (κ1) is 20.2. The molecule has 0 bridgehead atoms. The molecular weight excluding hydrogens is 332 g/mol. The fourth-order valence-corrected chi connectivity index (χ4v) is 2.41. The zero-order valence-corrected chi connectivity index (χ0v) is 15.5. The molecule has 0 saturated heterocycles. The highest BCUT2D eigenvalue weighted by Gasteiger charge is 2.25. The van der Waals surface area contributed by atoms with Crippen LogP contribution in [0.25, 0.3) is 11.1 Å². The number of carbonyl (C=O) groups excluding carboxylic acids is 1. The summed E-state index contributed by atoms with van der Waals surface area (Å²) in [5.74, 6) is 0.509. The molecule has 8 heteroatoms. The van der Waals surface area contributed by atoms with Gasteiger partial charge in [0.25, 0.3) is 11.5 Å². The van der Waals surface area contributed by atoms with E-state index in [0.717, 1.165) is 0 Å². The number of rotatable bonds is 5. The van der Waals surface area contributed by atoms with Crippen molar-refractivity contribution in [2.24, 2.45) is 18.7 Å². The summed E-state index contributed by atoms with van der Waals surface area (Å²) in [6, 6.07) is 0.0296. The number of carbonyl (C=O) groups is 1. The topological polar surface area (TPSA) is 94.4 Å². The van der Waals surface area contributed by atoms with Crippen molar-refractivity contribution in [3.05, 3.63) is 28.0 Å². The van der Waals surface area contributed by atoms with Gasteiger partial charge in [-0.2, -0.15) is 0 Å². The van der Waals surface area contributed by atoms with E-state index in [1.807, 2.05) is 0 Å². The molecule has 1 amide bonds. The number of nitrogens with zero attached hydrogens (tertiary/aromatic N) is 3. The van der Waals surface area contributed by atoms with Crippen LogP contribution in [0.3, 0.4) is 0 Å². The third kappa shape index (κ3) is 3.79. The van der Waals surface area contributed by atoms with Gasteiger partial charge in [0.1, 0.15) is 17.5 Å². The summed E-state index contributed by atoms with van der Waals surface area (Å²) in [6.07, 6.45) is 2.08. The highest BCUT2D eigenvalue weighted by molar-refractivity contribution is 6.06. The van der Waals surface area contributed by atoms with E-state index in [0.29, 0.717) is 24.6 Å². The summed E-state index contributed by atoms with van der Waals surface area (Å²) in [4.78, 5) is 30.7. The lowest BCUT2D eigenvalue weighted by Gasteiger charge is -2.21. The van der Waals surface area contributed by atoms with Gasteiger partial charge in [-0.15, -0.1) is 12.4 Å². The Morgan fingerprint density at radius 1 is 1.46 bits per heavy atom. The lowest BCUT2D eigenvalue weighted by molar-refractivity contribution is 0.0789. The molecule has 0 aliphatic carbocycles. The molecule has 0 radical (unpaired) electrons. The van der Waals surface area contributed by atoms with Crippen molar-refractivity contribution in [3.8, 4) is 0 Å². The Morgan fingerprint density at radius 2 is 2.08 bits per heavy atom. The molecule has 0 saturated carbocycles. The van der Waals surface area contributed by atoms with Gasteiger partial charge in [-0.25, -0.2) is 4.98 Å². The Balaban J connectivity index is 0.00000288. The maximum Gasteiger partial charge on any atom is 0.265 e. The van der Waals surface area contributed by atoms with Crippen LogP contribution in [0.1, 0.15) is 36.4 Å². The summed E-state index contributed by atoms with van der Waals surface area (Å²) in [7, 11) is 3.30. The molecule has 0 aliphatic rings. The smallest absolute Gasteiger partial charge is 0.265 e. The van der Waals surface area contributed by atoms with Crippen LogP contribution in [-0.4, -0.2) is 40.0 Å². The van der Waals surface area contributed by atoms with Crippen molar-refractivity contribution in [1.82, 2.24) is 14.5 Å². The summed E-state index contributed by atoms with van der Waals surface area (Å²) in [5, 5.41) is 0.234. The molecule has 1 atom stereocenters. The molecular formula is C16H25ClN4O3. The van der Waals surface area contributed by atoms with Gasteiger partial charge in [0.05, 0.1) is 5.56 Å². The fourth-order valence-electron chi connectivity index (χ4n) is 2.41. The number of nitrogens with two attached hydrogens (primary N) is 1. The van der Waals surface area contributed by atoms with Crippen molar-refractivity contribution in [3.63, 3.8) is 0 Å². The van der Waals surface area contributed by atoms with E-state index in [-0.39, 0.29) is 46.6 Å². The van der Waals surface area contributed by atoms with Crippen LogP contribution in [0, 0.1) is 12.8 Å². The molecule has 134 valence electrons. The van der Waals surface area contributed by atoms with Crippen LogP contribution >= 0.6 is 12.4 Å². The number of halogens is 1. The molecule has 2 heterocycles. The number of aryl methyl sites for hydroxylation is 2. The van der Waals surface area contributed by atoms with E-state index in [4.69, 9.17) is 10.2 Å². The summed E-state index contributed by atoms with van der Waals surface area (Å²) in [6.45, 7) is 6.29. The van der Waals surface area contributed by atoms with E-state index in [2.05, 4.69) is 18.8 Å². The van der Waals surface area contributed by atoms with E-state index in [1.54, 1.807) is 25.9 Å². The Kier molecular flexibility index (Phi) is 6.57. The molecule has 0 spiro atoms. The fraction of sp³-hybridized carbons (Fsp3) is 0.562. The predicted octanol–water partition coefficient (Wildman–Crippen LogP) is 1.70. The number of fused-ring (bicyclic) bond motifs is 1. The standard InChI is InChI=1S/C16H24N4O3.ClH/c1-9(2)11(17)6-7-19(4)15(21)12-10(3)23-14-13(12)16(22)20(5)8-18-14;/h8-9,11H,6-7,17H2,1-5H3;1H. The first-order valence-corrected chi connectivity index (χ1v) is 7.69. The molecule has 2 rings (SSSR count). The van der Waals surface area contributed by atoms with Gasteiger partial charge in [0.2, 0.25) is 5.71 Å². The minimum Gasteiger partial charge on any atom is -0.442 e. The van der Waals surface area contributed by atoms with Gasteiger partial charge in [-0.3, -0.25) is 9.59 Å². The quantitative estimate of drug-likeness (QED) is 0.879. The van der Waals surface area contributed by atoms with Crippen LogP contribution in [0.5, 0.6) is 0 Å². The number of hydrogen-bond donors (Lipinski definition) is 1. The molecule has 2 aromatic rings. The van der Waals surface area contributed by atoms with Crippen molar-refractivity contribution >= 4 is 29.4 Å². The monoisotopic (exact) mass is 356 g/mol. The summed E-state index contributed by atoms with van der Waals surface area (Å²) < 4.78 is 6.81. The minimum atomic E-state index is -0.289. The average molecular weight is 357 g/mol. The first-order valence-electron chi connectivity index (χ1n) is 7.69. The molecule has 0 fully saturated rings. The second-order valence-electron chi connectivity index (χ2n) is 6.30. The largest absolute Gasteiger partial charge is 0.442 e. The van der Waals surface area contributed by atoms with Crippen LogP contribution in [0.2, 0.25) is 0 Å². The molecule has 2 N–H and O–H groups in total. The zero-order chi connectivity index (χ0) is 17.3. The van der Waals surface area contributed by atoms with E-state index in [1.165, 1.54) is 10.9 Å². The maximum absolute atomic E-state index is 12.7. The molecule has 0 aromatic carbocycles. The third-order valence-electron chi connectivity index (χ3n) is 4.16. The lowest BCUT2D eigenvalue weighted by atomic mass is 10.0. The summed E-state index contributed by atoms with van der Waals surface area (Å²) >= 11 is 0. The number of aromatic nitrogens is 2. The van der Waals surface area contributed by atoms with E-state index >= 15 is 0 Å². The number of amides is 1. The maximum atomic E-state index is 12.7. The van der Waals surface area contributed by atoms with Crippen molar-refractivity contribution < 1.29 is 9.21 Å². The van der Waals surface area contributed by atoms with E-state index < -0.39 is 0 Å². The molecule has 24 heavy (non-hydrogen) atoms. The minimum absolute atomic E-state index is 0. The third-order valence-corrected chi connectivity index (χ3v) is 4.16. The van der Waals surface area contributed by atoms with Crippen molar-refractivity contribution in [2.75, 3.05) is 13.6 Å². The van der Waals surface area contributed by atoms with Gasteiger partial charge in [0.15, 0.2) is 0 Å². The Hall–Kier alpha value is -1.86. The second-order valence-corrected chi connectivity index (χ2v) is 6.30. The average Bonchev–Trinajstić information content (AvgIpc) is 2.84. The van der Waals surface area contributed by atoms with E-state index in [9.17, 15) is 9.59 Å². The molecule has 7 nitrogen and oxygen atoms in total. The number of hydrogen-bond acceptors (Lipinski definition) is 5. The van der Waals surface area contributed by atoms with Gasteiger partial charge < -0.3 is 19.6 Å². The van der Waals surface area contributed by atoms with Crippen LogP contribution in [0.15, 0.2) is 15.5 Å². The van der Waals surface area contributed by atoms with Crippen LogP contribution in [0.4, 0.5) is 0 Å². The summed E-state index contributed by atoms with van der Waals surface area (Å²) in [5.41, 5.74) is 6.22. The van der Waals surface area contributed by atoms with Gasteiger partial charge >= 0.3 is 0 Å². The Labute approximate surface area is 147 Å². The Morgan fingerprint density at radius 3 is 2.67 bits per heavy atom. The second kappa shape index (κ2) is 7.81. The normalized spacial score (nSPS) is 12.3. The molecule has 0 aliphatic heterocycles. The highest BCUT2D eigenvalue weighted by Crippen LogP contribution is 2.22.